The number of thiazole rings is 1. The van der Waals surface area contributed by atoms with Gasteiger partial charge in [-0.25, -0.2) is 4.98 Å². The highest BCUT2D eigenvalue weighted by atomic mass is 32.1. The molecular weight excluding hydrogens is 282 g/mol. The van der Waals surface area contributed by atoms with Crippen molar-refractivity contribution >= 4 is 22.4 Å². The van der Waals surface area contributed by atoms with Crippen LogP contribution in [-0.4, -0.2) is 28.9 Å². The summed E-state index contributed by atoms with van der Waals surface area (Å²) in [6.45, 7) is 5.94. The molecule has 0 spiro atoms. The highest BCUT2D eigenvalue weighted by Gasteiger charge is 2.42. The van der Waals surface area contributed by atoms with Gasteiger partial charge in [-0.3, -0.25) is 4.79 Å². The molecule has 1 aliphatic heterocycles. The molecule has 1 atom stereocenters. The molecule has 0 aliphatic carbocycles. The van der Waals surface area contributed by atoms with E-state index >= 15 is 0 Å². The van der Waals surface area contributed by atoms with Gasteiger partial charge in [-0.15, -0.1) is 0 Å². The standard InChI is InChI=1S/C16H19N3OS/c1-16(2)10-19(14(20)13-8-18-15(17)21-13)9-12(16)11-6-4-3-5-7-11/h3-8,12H,9-10H2,1-2H3,(H2,17,18)/t12-/m0/s1. The number of carbonyl (C=O) groups is 1. The molecule has 110 valence electrons. The van der Waals surface area contributed by atoms with Crippen LogP contribution < -0.4 is 5.73 Å². The van der Waals surface area contributed by atoms with Gasteiger partial charge in [-0.05, 0) is 11.0 Å². The van der Waals surface area contributed by atoms with Crippen molar-refractivity contribution in [1.29, 1.82) is 0 Å². The van der Waals surface area contributed by atoms with Gasteiger partial charge >= 0.3 is 0 Å². The lowest BCUT2D eigenvalue weighted by Gasteiger charge is -2.25. The van der Waals surface area contributed by atoms with Crippen LogP contribution in [0.4, 0.5) is 5.13 Å². The third kappa shape index (κ3) is 2.65. The lowest BCUT2D eigenvalue weighted by atomic mass is 9.78. The number of rotatable bonds is 2. The number of hydrogen-bond donors (Lipinski definition) is 1. The summed E-state index contributed by atoms with van der Waals surface area (Å²) >= 11 is 1.26. The van der Waals surface area contributed by atoms with Gasteiger partial charge in [0, 0.05) is 19.0 Å². The average molecular weight is 301 g/mol. The minimum absolute atomic E-state index is 0.0377. The minimum Gasteiger partial charge on any atom is -0.375 e. The molecule has 1 aromatic carbocycles. The summed E-state index contributed by atoms with van der Waals surface area (Å²) in [5.41, 5.74) is 6.98. The van der Waals surface area contributed by atoms with E-state index in [0.29, 0.717) is 15.9 Å². The Morgan fingerprint density at radius 3 is 2.71 bits per heavy atom. The summed E-state index contributed by atoms with van der Waals surface area (Å²) in [6.07, 6.45) is 1.57. The van der Waals surface area contributed by atoms with E-state index in [0.717, 1.165) is 13.1 Å². The molecule has 2 heterocycles. The number of nitrogens with zero attached hydrogens (tertiary/aromatic N) is 2. The van der Waals surface area contributed by atoms with Crippen LogP contribution in [0.2, 0.25) is 0 Å². The van der Waals surface area contributed by atoms with Gasteiger partial charge in [0.15, 0.2) is 5.13 Å². The second-order valence-electron chi connectivity index (χ2n) is 6.20. The SMILES string of the molecule is CC1(C)CN(C(=O)c2cnc(N)s2)C[C@H]1c1ccccc1. The molecule has 1 amide bonds. The third-order valence-electron chi connectivity index (χ3n) is 4.17. The first-order valence-electron chi connectivity index (χ1n) is 7.03. The Labute approximate surface area is 128 Å². The highest BCUT2D eigenvalue weighted by molar-refractivity contribution is 7.17. The number of aromatic nitrogens is 1. The maximum Gasteiger partial charge on any atom is 0.265 e. The van der Waals surface area contributed by atoms with Gasteiger partial charge in [0.25, 0.3) is 5.91 Å². The first-order valence-corrected chi connectivity index (χ1v) is 7.84. The summed E-state index contributed by atoms with van der Waals surface area (Å²) in [5, 5.41) is 0.441. The molecule has 0 radical (unpaired) electrons. The molecule has 1 saturated heterocycles. The van der Waals surface area contributed by atoms with Crippen molar-refractivity contribution in [2.75, 3.05) is 18.8 Å². The fraction of sp³-hybridized carbons (Fsp3) is 0.375. The van der Waals surface area contributed by atoms with Crippen LogP contribution in [0.3, 0.4) is 0 Å². The number of amides is 1. The largest absolute Gasteiger partial charge is 0.375 e. The normalized spacial score (nSPS) is 20.7. The lowest BCUT2D eigenvalue weighted by molar-refractivity contribution is 0.0782. The van der Waals surface area contributed by atoms with E-state index in [9.17, 15) is 4.79 Å². The van der Waals surface area contributed by atoms with Gasteiger partial charge in [0.1, 0.15) is 4.88 Å². The van der Waals surface area contributed by atoms with Crippen molar-refractivity contribution in [2.24, 2.45) is 5.41 Å². The molecule has 0 unspecified atom stereocenters. The van der Waals surface area contributed by atoms with Crippen molar-refractivity contribution in [3.63, 3.8) is 0 Å². The summed E-state index contributed by atoms with van der Waals surface area (Å²) in [6, 6.07) is 10.4. The Morgan fingerprint density at radius 1 is 1.38 bits per heavy atom. The molecule has 1 aromatic heterocycles. The fourth-order valence-electron chi connectivity index (χ4n) is 3.07. The molecule has 21 heavy (non-hydrogen) atoms. The van der Waals surface area contributed by atoms with Gasteiger partial charge in [0.2, 0.25) is 0 Å². The number of likely N-dealkylation sites (tertiary alicyclic amines) is 1. The van der Waals surface area contributed by atoms with Crippen molar-refractivity contribution < 1.29 is 4.79 Å². The van der Waals surface area contributed by atoms with E-state index in [4.69, 9.17) is 5.73 Å². The Balaban J connectivity index is 1.83. The van der Waals surface area contributed by atoms with Crippen LogP contribution in [-0.2, 0) is 0 Å². The third-order valence-corrected chi connectivity index (χ3v) is 4.98. The number of nitrogens with two attached hydrogens (primary N) is 1. The Morgan fingerprint density at radius 2 is 2.10 bits per heavy atom. The molecule has 2 N–H and O–H groups in total. The fourth-order valence-corrected chi connectivity index (χ4v) is 3.73. The van der Waals surface area contributed by atoms with Crippen molar-refractivity contribution in [3.8, 4) is 0 Å². The van der Waals surface area contributed by atoms with E-state index in [-0.39, 0.29) is 11.3 Å². The molecule has 3 rings (SSSR count). The minimum atomic E-state index is 0.0377. The monoisotopic (exact) mass is 301 g/mol. The second-order valence-corrected chi connectivity index (χ2v) is 7.26. The van der Waals surface area contributed by atoms with Crippen molar-refractivity contribution in [3.05, 3.63) is 47.0 Å². The van der Waals surface area contributed by atoms with Crippen LogP contribution in [0.25, 0.3) is 0 Å². The first-order chi connectivity index (χ1) is 9.97. The van der Waals surface area contributed by atoms with E-state index in [2.05, 4.69) is 43.1 Å². The molecule has 2 aromatic rings. The highest BCUT2D eigenvalue weighted by Crippen LogP contribution is 2.42. The van der Waals surface area contributed by atoms with Crippen molar-refractivity contribution in [2.45, 2.75) is 19.8 Å². The van der Waals surface area contributed by atoms with Gasteiger partial charge < -0.3 is 10.6 Å². The average Bonchev–Trinajstić information content (AvgIpc) is 3.02. The van der Waals surface area contributed by atoms with Crippen molar-refractivity contribution in [1.82, 2.24) is 9.88 Å². The predicted octanol–water partition coefficient (Wildman–Crippen LogP) is 2.99. The quantitative estimate of drug-likeness (QED) is 0.927. The molecule has 0 bridgehead atoms. The smallest absolute Gasteiger partial charge is 0.265 e. The maximum atomic E-state index is 12.6. The van der Waals surface area contributed by atoms with Crippen LogP contribution in [0.1, 0.15) is 35.0 Å². The first kappa shape index (κ1) is 14.1. The van der Waals surface area contributed by atoms with Gasteiger partial charge in [-0.1, -0.05) is 55.5 Å². The Hall–Kier alpha value is -1.88. The van der Waals surface area contributed by atoms with E-state index in [1.165, 1.54) is 16.9 Å². The number of benzene rings is 1. The molecule has 5 heteroatoms. The van der Waals surface area contributed by atoms with Crippen LogP contribution >= 0.6 is 11.3 Å². The molecule has 1 aliphatic rings. The van der Waals surface area contributed by atoms with E-state index < -0.39 is 0 Å². The zero-order chi connectivity index (χ0) is 15.0. The summed E-state index contributed by atoms with van der Waals surface area (Å²) in [5.74, 6) is 0.392. The molecular formula is C16H19N3OS. The van der Waals surface area contributed by atoms with Gasteiger partial charge in [-0.2, -0.15) is 0 Å². The van der Waals surface area contributed by atoms with E-state index in [1.807, 2.05) is 11.0 Å². The van der Waals surface area contributed by atoms with E-state index in [1.54, 1.807) is 6.20 Å². The predicted molar refractivity (Wildman–Crippen MR) is 85.4 cm³/mol. The van der Waals surface area contributed by atoms with Crippen LogP contribution in [0.15, 0.2) is 36.5 Å². The van der Waals surface area contributed by atoms with Gasteiger partial charge in [0.05, 0.1) is 6.20 Å². The lowest BCUT2D eigenvalue weighted by Crippen LogP contribution is -2.29. The number of hydrogen-bond acceptors (Lipinski definition) is 4. The second kappa shape index (κ2) is 5.15. The summed E-state index contributed by atoms with van der Waals surface area (Å²) in [7, 11) is 0. The maximum absolute atomic E-state index is 12.6. The number of carbonyl (C=O) groups excluding carboxylic acids is 1. The summed E-state index contributed by atoms with van der Waals surface area (Å²) < 4.78 is 0. The van der Waals surface area contributed by atoms with Crippen LogP contribution in [0, 0.1) is 5.41 Å². The van der Waals surface area contributed by atoms with Crippen LogP contribution in [0.5, 0.6) is 0 Å². The summed E-state index contributed by atoms with van der Waals surface area (Å²) in [4.78, 5) is 19.1. The Kier molecular flexibility index (Phi) is 3.45. The number of nitrogen functional groups attached to an aromatic ring is 1. The molecule has 4 nitrogen and oxygen atoms in total. The topological polar surface area (TPSA) is 59.2 Å². The molecule has 1 fully saturated rings. The zero-order valence-corrected chi connectivity index (χ0v) is 13.1. The zero-order valence-electron chi connectivity index (χ0n) is 12.2. The number of anilines is 1. The molecule has 0 saturated carbocycles. The Bertz CT molecular complexity index is 651.